The second kappa shape index (κ2) is 7.94. The maximum atomic E-state index is 12.1. The number of ether oxygens (including phenoxy) is 2. The van der Waals surface area contributed by atoms with Crippen LogP contribution in [0.1, 0.15) is 37.9 Å². The lowest BCUT2D eigenvalue weighted by molar-refractivity contribution is 0.0918. The minimum Gasteiger partial charge on any atom is -0.497 e. The van der Waals surface area contributed by atoms with Crippen LogP contribution in [0.25, 0.3) is 0 Å². The summed E-state index contributed by atoms with van der Waals surface area (Å²) < 4.78 is 10.4. The summed E-state index contributed by atoms with van der Waals surface area (Å²) >= 11 is 1.12. The van der Waals surface area contributed by atoms with Gasteiger partial charge in [-0.3, -0.25) is 9.59 Å². The van der Waals surface area contributed by atoms with Gasteiger partial charge in [0.25, 0.3) is 5.91 Å². The van der Waals surface area contributed by atoms with E-state index >= 15 is 0 Å². The number of hydrogen-bond acceptors (Lipinski definition) is 6. The predicted octanol–water partition coefficient (Wildman–Crippen LogP) is 2.43. The predicted molar refractivity (Wildman–Crippen MR) is 91.2 cm³/mol. The van der Waals surface area contributed by atoms with Crippen LogP contribution in [0.5, 0.6) is 11.5 Å². The summed E-state index contributed by atoms with van der Waals surface area (Å²) in [6.45, 7) is 1.46. The Hall–Kier alpha value is -2.38. The molecule has 0 bridgehead atoms. The van der Waals surface area contributed by atoms with E-state index < -0.39 is 6.10 Å². The number of aliphatic hydroxyl groups excluding tert-OH is 1. The molecule has 1 heterocycles. The van der Waals surface area contributed by atoms with Crippen LogP contribution < -0.4 is 14.8 Å². The fourth-order valence-electron chi connectivity index (χ4n) is 2.14. The van der Waals surface area contributed by atoms with Crippen LogP contribution in [0, 0.1) is 0 Å². The van der Waals surface area contributed by atoms with Crippen molar-refractivity contribution in [1.29, 1.82) is 0 Å². The second-order valence-electron chi connectivity index (χ2n) is 5.05. The number of amides is 1. The lowest BCUT2D eigenvalue weighted by Crippen LogP contribution is -2.27. The molecule has 0 aliphatic rings. The average Bonchev–Trinajstić information content (AvgIpc) is 3.09. The van der Waals surface area contributed by atoms with E-state index in [1.165, 1.54) is 21.1 Å². The van der Waals surface area contributed by atoms with Gasteiger partial charge >= 0.3 is 0 Å². The van der Waals surface area contributed by atoms with Crippen LogP contribution in [-0.4, -0.2) is 37.6 Å². The molecule has 128 valence electrons. The minimum atomic E-state index is -0.953. The van der Waals surface area contributed by atoms with Crippen molar-refractivity contribution < 1.29 is 24.2 Å². The van der Waals surface area contributed by atoms with E-state index in [2.05, 4.69) is 5.32 Å². The quantitative estimate of drug-likeness (QED) is 0.750. The highest BCUT2D eigenvalue weighted by Gasteiger charge is 2.17. The Morgan fingerprint density at radius 2 is 1.88 bits per heavy atom. The molecule has 0 radical (unpaired) electrons. The molecule has 0 unspecified atom stereocenters. The summed E-state index contributed by atoms with van der Waals surface area (Å²) in [7, 11) is 3.04. The molecule has 0 aliphatic carbocycles. The van der Waals surface area contributed by atoms with Crippen molar-refractivity contribution in [1.82, 2.24) is 5.32 Å². The number of thiophene rings is 1. The van der Waals surface area contributed by atoms with Crippen LogP contribution in [-0.2, 0) is 0 Å². The Morgan fingerprint density at radius 1 is 1.17 bits per heavy atom. The van der Waals surface area contributed by atoms with Crippen molar-refractivity contribution >= 4 is 23.0 Å². The van der Waals surface area contributed by atoms with Gasteiger partial charge in [0.1, 0.15) is 17.6 Å². The number of carbonyl (C=O) groups is 2. The van der Waals surface area contributed by atoms with E-state index in [1.54, 1.807) is 30.3 Å². The van der Waals surface area contributed by atoms with Crippen molar-refractivity contribution in [2.75, 3.05) is 20.8 Å². The average molecular weight is 349 g/mol. The minimum absolute atomic E-state index is 0.00959. The third kappa shape index (κ3) is 4.12. The summed E-state index contributed by atoms with van der Waals surface area (Å²) in [5, 5.41) is 13.0. The van der Waals surface area contributed by atoms with Gasteiger partial charge < -0.3 is 19.9 Å². The van der Waals surface area contributed by atoms with Crippen molar-refractivity contribution in [2.24, 2.45) is 0 Å². The van der Waals surface area contributed by atoms with E-state index in [4.69, 9.17) is 9.47 Å². The monoisotopic (exact) mass is 349 g/mol. The normalized spacial score (nSPS) is 11.7. The summed E-state index contributed by atoms with van der Waals surface area (Å²) in [4.78, 5) is 24.3. The highest BCUT2D eigenvalue weighted by molar-refractivity contribution is 7.15. The smallest absolute Gasteiger partial charge is 0.261 e. The zero-order valence-corrected chi connectivity index (χ0v) is 14.5. The molecule has 0 saturated carbocycles. The van der Waals surface area contributed by atoms with Crippen LogP contribution in [0.3, 0.4) is 0 Å². The molecule has 2 N–H and O–H groups in total. The first kappa shape index (κ1) is 18.0. The standard InChI is InChI=1S/C17H19NO5S/c1-10(19)15-6-7-16(24-15)17(21)18-9-13(20)12-8-11(22-2)4-5-14(12)23-3/h4-8,13,20H,9H2,1-3H3,(H,18,21)/t13-/m0/s1. The molecular formula is C17H19NO5S. The molecule has 1 aromatic carbocycles. The molecule has 1 amide bonds. The van der Waals surface area contributed by atoms with E-state index in [0.29, 0.717) is 26.8 Å². The maximum Gasteiger partial charge on any atom is 0.261 e. The van der Waals surface area contributed by atoms with E-state index in [1.807, 2.05) is 0 Å². The van der Waals surface area contributed by atoms with Crippen LogP contribution in [0.4, 0.5) is 0 Å². The Balaban J connectivity index is 2.05. The van der Waals surface area contributed by atoms with Gasteiger partial charge in [-0.2, -0.15) is 0 Å². The first-order chi connectivity index (χ1) is 11.5. The fraction of sp³-hybridized carbons (Fsp3) is 0.294. The highest BCUT2D eigenvalue weighted by Crippen LogP contribution is 2.29. The number of methoxy groups -OCH3 is 2. The Labute approximate surface area is 144 Å². The molecule has 7 heteroatoms. The number of rotatable bonds is 7. The molecule has 1 atom stereocenters. The molecule has 24 heavy (non-hydrogen) atoms. The number of ketones is 1. The summed E-state index contributed by atoms with van der Waals surface area (Å²) in [6.07, 6.45) is -0.953. The van der Waals surface area contributed by atoms with E-state index in [0.717, 1.165) is 11.3 Å². The van der Waals surface area contributed by atoms with Gasteiger partial charge in [-0.05, 0) is 37.3 Å². The first-order valence-electron chi connectivity index (χ1n) is 7.25. The third-order valence-electron chi connectivity index (χ3n) is 3.43. The molecule has 0 aliphatic heterocycles. The van der Waals surface area contributed by atoms with Gasteiger partial charge in [0.15, 0.2) is 5.78 Å². The van der Waals surface area contributed by atoms with Crippen molar-refractivity contribution in [3.8, 4) is 11.5 Å². The molecule has 1 aromatic heterocycles. The number of Topliss-reactive ketones (excluding diaryl/α,β-unsaturated/α-hetero) is 1. The highest BCUT2D eigenvalue weighted by atomic mass is 32.1. The van der Waals surface area contributed by atoms with Crippen molar-refractivity contribution in [2.45, 2.75) is 13.0 Å². The van der Waals surface area contributed by atoms with Gasteiger partial charge in [-0.15, -0.1) is 11.3 Å². The van der Waals surface area contributed by atoms with Gasteiger partial charge in [0.2, 0.25) is 0 Å². The first-order valence-corrected chi connectivity index (χ1v) is 8.07. The fourth-order valence-corrected chi connectivity index (χ4v) is 2.95. The lowest BCUT2D eigenvalue weighted by atomic mass is 10.1. The van der Waals surface area contributed by atoms with Crippen molar-refractivity contribution in [3.05, 3.63) is 45.6 Å². The lowest BCUT2D eigenvalue weighted by Gasteiger charge is -2.16. The van der Waals surface area contributed by atoms with Crippen LogP contribution in [0.2, 0.25) is 0 Å². The largest absolute Gasteiger partial charge is 0.497 e. The summed E-state index contributed by atoms with van der Waals surface area (Å²) in [6, 6.07) is 8.29. The molecule has 6 nitrogen and oxygen atoms in total. The third-order valence-corrected chi connectivity index (χ3v) is 4.61. The number of hydrogen-bond donors (Lipinski definition) is 2. The van der Waals surface area contributed by atoms with Crippen LogP contribution in [0.15, 0.2) is 30.3 Å². The van der Waals surface area contributed by atoms with E-state index in [-0.39, 0.29) is 18.2 Å². The number of carbonyl (C=O) groups excluding carboxylic acids is 2. The number of nitrogens with one attached hydrogen (secondary N) is 1. The number of aliphatic hydroxyl groups is 1. The summed E-state index contributed by atoms with van der Waals surface area (Å²) in [5.74, 6) is 0.668. The molecule has 0 fully saturated rings. The van der Waals surface area contributed by atoms with Gasteiger partial charge in [0, 0.05) is 12.1 Å². The molecule has 0 saturated heterocycles. The molecule has 0 spiro atoms. The molecule has 2 aromatic rings. The summed E-state index contributed by atoms with van der Waals surface area (Å²) in [5.41, 5.74) is 0.521. The Kier molecular flexibility index (Phi) is 5.94. The Morgan fingerprint density at radius 3 is 2.46 bits per heavy atom. The molecular weight excluding hydrogens is 330 g/mol. The zero-order chi connectivity index (χ0) is 17.7. The van der Waals surface area contributed by atoms with Gasteiger partial charge in [0.05, 0.1) is 24.0 Å². The van der Waals surface area contributed by atoms with Crippen molar-refractivity contribution in [3.63, 3.8) is 0 Å². The molecule has 2 rings (SSSR count). The topological polar surface area (TPSA) is 84.9 Å². The maximum absolute atomic E-state index is 12.1. The number of benzene rings is 1. The van der Waals surface area contributed by atoms with Gasteiger partial charge in [-0.1, -0.05) is 0 Å². The SMILES string of the molecule is COc1ccc(OC)c([C@@H](O)CNC(=O)c2ccc(C(C)=O)s2)c1. The van der Waals surface area contributed by atoms with E-state index in [9.17, 15) is 14.7 Å². The van der Waals surface area contributed by atoms with Gasteiger partial charge in [-0.25, -0.2) is 0 Å². The Bertz CT molecular complexity index is 740. The zero-order valence-electron chi connectivity index (χ0n) is 13.7. The second-order valence-corrected chi connectivity index (χ2v) is 6.14. The van der Waals surface area contributed by atoms with Crippen LogP contribution >= 0.6 is 11.3 Å².